The molecule has 0 fully saturated rings. The third-order valence-electron chi connectivity index (χ3n) is 6.01. The van der Waals surface area contributed by atoms with Crippen LogP contribution in [0.25, 0.3) is 10.9 Å². The highest BCUT2D eigenvalue weighted by molar-refractivity contribution is 7.71. The van der Waals surface area contributed by atoms with Crippen LogP contribution < -0.4 is 20.1 Å². The molecule has 2 heterocycles. The highest BCUT2D eigenvalue weighted by Crippen LogP contribution is 2.36. The lowest BCUT2D eigenvalue weighted by molar-refractivity contribution is -0.121. The van der Waals surface area contributed by atoms with Gasteiger partial charge >= 0.3 is 0 Å². The average Bonchev–Trinajstić information content (AvgIpc) is 3.14. The minimum atomic E-state index is -0.537. The second-order valence-electron chi connectivity index (χ2n) is 8.10. The lowest BCUT2D eigenvalue weighted by Crippen LogP contribution is -2.32. The molecule has 2 N–H and O–H groups in total. The Hall–Kier alpha value is -2.68. The fourth-order valence-electron chi connectivity index (χ4n) is 4.01. The molecule has 1 aromatic heterocycles. The van der Waals surface area contributed by atoms with E-state index < -0.39 is 6.04 Å². The van der Waals surface area contributed by atoms with Crippen molar-refractivity contribution in [3.63, 3.8) is 0 Å². The summed E-state index contributed by atoms with van der Waals surface area (Å²) in [6, 6.07) is 2.98. The quantitative estimate of drug-likeness (QED) is 0.482. The van der Waals surface area contributed by atoms with Gasteiger partial charge in [0.1, 0.15) is 11.9 Å². The highest BCUT2D eigenvalue weighted by Gasteiger charge is 2.32. The predicted molar refractivity (Wildman–Crippen MR) is 127 cm³/mol. The number of hydrogen-bond donors (Lipinski definition) is 2. The Morgan fingerprint density at radius 1 is 1.28 bits per heavy atom. The minimum Gasteiger partial charge on any atom is -0.493 e. The third kappa shape index (κ3) is 5.03. The molecule has 0 aliphatic carbocycles. The first-order chi connectivity index (χ1) is 15.4. The number of carbonyl (C=O) groups is 2. The molecule has 8 nitrogen and oxygen atoms in total. The number of carbonyl (C=O) groups excluding carboxylic acids is 2. The molecule has 2 unspecified atom stereocenters. The van der Waals surface area contributed by atoms with E-state index in [2.05, 4.69) is 29.5 Å². The molecule has 1 amide bonds. The van der Waals surface area contributed by atoms with Crippen molar-refractivity contribution in [1.29, 1.82) is 0 Å². The van der Waals surface area contributed by atoms with Gasteiger partial charge in [0.2, 0.25) is 10.7 Å². The number of fused-ring (bicyclic) bond motifs is 3. The summed E-state index contributed by atoms with van der Waals surface area (Å²) < 4.78 is 12.3. The van der Waals surface area contributed by atoms with Gasteiger partial charge in [0.05, 0.1) is 19.7 Å². The number of ether oxygens (including phenoxy) is 2. The fraction of sp³-hybridized carbons (Fsp3) is 0.565. The van der Waals surface area contributed by atoms with Crippen molar-refractivity contribution < 1.29 is 19.1 Å². The van der Waals surface area contributed by atoms with Crippen LogP contribution in [0.5, 0.6) is 11.5 Å². The smallest absolute Gasteiger partial charge is 0.257 e. The minimum absolute atomic E-state index is 0.0384. The summed E-state index contributed by atoms with van der Waals surface area (Å²) in [5.41, 5.74) is 0.607. The average molecular weight is 461 g/mol. The summed E-state index contributed by atoms with van der Waals surface area (Å²) in [6.07, 6.45) is 5.14. The summed E-state index contributed by atoms with van der Waals surface area (Å²) in [5, 5.41) is 6.98. The number of nitrogens with zero attached hydrogens (tertiary/aromatic N) is 2. The maximum absolute atomic E-state index is 13.0. The maximum Gasteiger partial charge on any atom is 0.257 e. The normalized spacial score (nSPS) is 15.9. The molecule has 0 saturated heterocycles. The molecule has 32 heavy (non-hydrogen) atoms. The zero-order valence-corrected chi connectivity index (χ0v) is 20.0. The number of hydrogen-bond acceptors (Lipinski definition) is 7. The van der Waals surface area contributed by atoms with Gasteiger partial charge in [0.25, 0.3) is 5.91 Å². The van der Waals surface area contributed by atoms with E-state index in [1.807, 2.05) is 0 Å². The van der Waals surface area contributed by atoms with E-state index in [1.165, 1.54) is 11.0 Å². The molecule has 174 valence electrons. The third-order valence-corrected chi connectivity index (χ3v) is 6.28. The van der Waals surface area contributed by atoms with Crippen molar-refractivity contribution in [2.75, 3.05) is 26.1 Å². The van der Waals surface area contributed by atoms with Crippen LogP contribution in [0.2, 0.25) is 0 Å². The van der Waals surface area contributed by atoms with Crippen LogP contribution in [0.1, 0.15) is 57.2 Å². The largest absolute Gasteiger partial charge is 0.493 e. The molecule has 1 aromatic carbocycles. The Morgan fingerprint density at radius 3 is 2.66 bits per heavy atom. The van der Waals surface area contributed by atoms with Crippen molar-refractivity contribution in [1.82, 2.24) is 14.9 Å². The molecular formula is C23H32N4O4S. The molecule has 2 aromatic rings. The lowest BCUT2D eigenvalue weighted by Gasteiger charge is -2.15. The van der Waals surface area contributed by atoms with E-state index in [0.29, 0.717) is 47.1 Å². The van der Waals surface area contributed by atoms with Crippen LogP contribution in [0.4, 0.5) is 5.82 Å². The van der Waals surface area contributed by atoms with Crippen LogP contribution in [-0.4, -0.2) is 48.2 Å². The van der Waals surface area contributed by atoms with Gasteiger partial charge in [-0.2, -0.15) is 0 Å². The van der Waals surface area contributed by atoms with Gasteiger partial charge in [-0.15, -0.1) is 0 Å². The predicted octanol–water partition coefficient (Wildman–Crippen LogP) is 4.33. The number of nitrogens with one attached hydrogen (secondary N) is 2. The van der Waals surface area contributed by atoms with Crippen LogP contribution in [0.15, 0.2) is 12.1 Å². The van der Waals surface area contributed by atoms with Crippen LogP contribution >= 0.6 is 12.2 Å². The number of aromatic nitrogens is 2. The molecule has 0 bridgehead atoms. The molecule has 9 heteroatoms. The molecule has 0 radical (unpaired) electrons. The van der Waals surface area contributed by atoms with Crippen molar-refractivity contribution in [3.8, 4) is 11.5 Å². The standard InChI is InChI=1S/C23H32N4O4S/c1-5-7-8-14(6-2)13-24-20(28)10-9-16-22(29)27-21(25-16)15-11-18(30-3)19(31-4)12-17(15)26-23(27)32/h11-12,14,16,25H,5-10,13H2,1-4H3,(H,24,28). The first-order valence-corrected chi connectivity index (χ1v) is 11.6. The summed E-state index contributed by atoms with van der Waals surface area (Å²) >= 11 is 5.37. The molecule has 1 aliphatic heterocycles. The van der Waals surface area contributed by atoms with Gasteiger partial charge in [-0.25, -0.2) is 9.55 Å². The number of unbranched alkanes of at least 4 members (excludes halogenated alkanes) is 1. The Morgan fingerprint density at radius 2 is 2.00 bits per heavy atom. The Bertz CT molecular complexity index is 1050. The highest BCUT2D eigenvalue weighted by atomic mass is 32.1. The monoisotopic (exact) mass is 460 g/mol. The molecular weight excluding hydrogens is 428 g/mol. The van der Waals surface area contributed by atoms with E-state index in [4.69, 9.17) is 21.7 Å². The van der Waals surface area contributed by atoms with Gasteiger partial charge in [-0.3, -0.25) is 9.59 Å². The van der Waals surface area contributed by atoms with Crippen molar-refractivity contribution >= 4 is 40.8 Å². The SMILES string of the molecule is CCCCC(CC)CNC(=O)CCC1Nc2c3cc(OC)c(OC)cc3nc(=S)n2C1=O. The first-order valence-electron chi connectivity index (χ1n) is 11.2. The number of rotatable bonds is 11. The van der Waals surface area contributed by atoms with Gasteiger partial charge in [0.15, 0.2) is 11.5 Å². The zero-order valence-electron chi connectivity index (χ0n) is 19.2. The molecule has 2 atom stereocenters. The van der Waals surface area contributed by atoms with Crippen molar-refractivity contribution in [2.24, 2.45) is 5.92 Å². The Kier molecular flexibility index (Phi) is 8.06. The first kappa shape index (κ1) is 24.0. The summed E-state index contributed by atoms with van der Waals surface area (Å²) in [7, 11) is 3.10. The van der Waals surface area contributed by atoms with Gasteiger partial charge in [-0.1, -0.05) is 33.1 Å². The molecule has 1 aliphatic rings. The van der Waals surface area contributed by atoms with Crippen LogP contribution in [0, 0.1) is 10.7 Å². The topological polar surface area (TPSA) is 94.5 Å². The van der Waals surface area contributed by atoms with Crippen LogP contribution in [0.3, 0.4) is 0 Å². The Labute approximate surface area is 193 Å². The van der Waals surface area contributed by atoms with E-state index in [-0.39, 0.29) is 23.0 Å². The van der Waals surface area contributed by atoms with Crippen LogP contribution in [-0.2, 0) is 4.79 Å². The van der Waals surface area contributed by atoms with Crippen molar-refractivity contribution in [2.45, 2.75) is 58.4 Å². The van der Waals surface area contributed by atoms with E-state index >= 15 is 0 Å². The van der Waals surface area contributed by atoms with E-state index in [0.717, 1.165) is 19.3 Å². The van der Waals surface area contributed by atoms with E-state index in [9.17, 15) is 9.59 Å². The lowest BCUT2D eigenvalue weighted by atomic mass is 9.99. The molecule has 0 saturated carbocycles. The van der Waals surface area contributed by atoms with Gasteiger partial charge in [-0.05, 0) is 37.0 Å². The number of methoxy groups -OCH3 is 2. The Balaban J connectivity index is 1.70. The fourth-order valence-corrected chi connectivity index (χ4v) is 4.29. The molecule has 3 rings (SSSR count). The zero-order chi connectivity index (χ0) is 23.3. The summed E-state index contributed by atoms with van der Waals surface area (Å²) in [5.74, 6) is 1.90. The molecule has 0 spiro atoms. The van der Waals surface area contributed by atoms with Gasteiger partial charge in [0, 0.05) is 24.4 Å². The summed E-state index contributed by atoms with van der Waals surface area (Å²) in [4.78, 5) is 29.8. The van der Waals surface area contributed by atoms with Crippen molar-refractivity contribution in [3.05, 3.63) is 16.9 Å². The second kappa shape index (κ2) is 10.8. The maximum atomic E-state index is 13.0. The second-order valence-corrected chi connectivity index (χ2v) is 8.46. The summed E-state index contributed by atoms with van der Waals surface area (Å²) in [6.45, 7) is 5.01. The van der Waals surface area contributed by atoms with E-state index in [1.54, 1.807) is 26.4 Å². The van der Waals surface area contributed by atoms with Gasteiger partial charge < -0.3 is 20.1 Å². The number of benzene rings is 1. The number of anilines is 1. The number of amides is 1.